The Morgan fingerprint density at radius 1 is 1.29 bits per heavy atom. The molecule has 0 bridgehead atoms. The number of aromatic nitrogens is 1. The number of hydrogen-bond donors (Lipinski definition) is 1. The smallest absolute Gasteiger partial charge is 0.231 e. The van der Waals surface area contributed by atoms with Crippen LogP contribution in [0.5, 0.6) is 11.5 Å². The molecule has 5 nitrogen and oxygen atoms in total. The Bertz CT molecular complexity index is 646. The molecule has 17 heavy (non-hydrogen) atoms. The number of nitriles is 1. The fraction of sp³-hybridized carbons (Fsp3) is 0.167. The maximum Gasteiger partial charge on any atom is 0.231 e. The molecule has 1 N–H and O–H groups in total. The molecular formula is C12H9N3O2. The van der Waals surface area contributed by atoms with Crippen LogP contribution in [0.15, 0.2) is 18.2 Å². The van der Waals surface area contributed by atoms with Crippen LogP contribution in [-0.4, -0.2) is 18.8 Å². The van der Waals surface area contributed by atoms with Crippen LogP contribution < -0.4 is 14.8 Å². The molecule has 0 fully saturated rings. The number of benzene rings is 1. The monoisotopic (exact) mass is 227 g/mol. The molecule has 0 unspecified atom stereocenters. The molecule has 0 aliphatic carbocycles. The molecule has 1 aliphatic heterocycles. The first kappa shape index (κ1) is 9.73. The molecule has 0 saturated carbocycles. The van der Waals surface area contributed by atoms with E-state index < -0.39 is 0 Å². The highest BCUT2D eigenvalue weighted by Gasteiger charge is 2.15. The Labute approximate surface area is 97.6 Å². The van der Waals surface area contributed by atoms with Gasteiger partial charge < -0.3 is 14.8 Å². The van der Waals surface area contributed by atoms with Gasteiger partial charge in [0.2, 0.25) is 6.79 Å². The van der Waals surface area contributed by atoms with E-state index in [9.17, 15) is 0 Å². The van der Waals surface area contributed by atoms with E-state index in [1.807, 2.05) is 12.1 Å². The lowest BCUT2D eigenvalue weighted by Gasteiger charge is -2.05. The van der Waals surface area contributed by atoms with Crippen molar-refractivity contribution in [3.63, 3.8) is 0 Å². The maximum absolute atomic E-state index is 9.02. The van der Waals surface area contributed by atoms with Crippen LogP contribution in [0.4, 0.5) is 5.82 Å². The van der Waals surface area contributed by atoms with E-state index in [0.717, 1.165) is 10.9 Å². The van der Waals surface area contributed by atoms with Crippen molar-refractivity contribution in [2.45, 2.75) is 0 Å². The molecule has 5 heteroatoms. The Morgan fingerprint density at radius 3 is 2.76 bits per heavy atom. The molecule has 1 aromatic heterocycles. The minimum Gasteiger partial charge on any atom is -0.454 e. The second kappa shape index (κ2) is 3.52. The second-order valence-electron chi connectivity index (χ2n) is 3.64. The molecule has 1 aromatic carbocycles. The first-order valence-corrected chi connectivity index (χ1v) is 5.14. The van der Waals surface area contributed by atoms with Gasteiger partial charge >= 0.3 is 0 Å². The Morgan fingerprint density at radius 2 is 2.06 bits per heavy atom. The summed E-state index contributed by atoms with van der Waals surface area (Å²) in [6.07, 6.45) is 0. The van der Waals surface area contributed by atoms with Gasteiger partial charge in [-0.2, -0.15) is 5.26 Å². The molecule has 0 spiro atoms. The summed E-state index contributed by atoms with van der Waals surface area (Å²) in [4.78, 5) is 4.37. The number of nitrogens with one attached hydrogen (secondary N) is 1. The minimum atomic E-state index is 0.232. The van der Waals surface area contributed by atoms with Crippen LogP contribution in [0.3, 0.4) is 0 Å². The average molecular weight is 227 g/mol. The molecule has 2 aromatic rings. The van der Waals surface area contributed by atoms with Gasteiger partial charge in [0.15, 0.2) is 11.5 Å². The van der Waals surface area contributed by atoms with Crippen molar-refractivity contribution in [3.05, 3.63) is 23.8 Å². The summed E-state index contributed by atoms with van der Waals surface area (Å²) in [5.41, 5.74) is 1.29. The van der Waals surface area contributed by atoms with Gasteiger partial charge in [-0.25, -0.2) is 4.98 Å². The third-order valence-electron chi connectivity index (χ3n) is 2.67. The predicted octanol–water partition coefficient (Wildman–Crippen LogP) is 1.88. The quantitative estimate of drug-likeness (QED) is 0.805. The lowest BCUT2D eigenvalue weighted by atomic mass is 10.1. The fourth-order valence-corrected chi connectivity index (χ4v) is 1.84. The summed E-state index contributed by atoms with van der Waals surface area (Å²) in [5.74, 6) is 1.95. The lowest BCUT2D eigenvalue weighted by Crippen LogP contribution is -1.96. The number of rotatable bonds is 1. The van der Waals surface area contributed by atoms with E-state index >= 15 is 0 Å². The van der Waals surface area contributed by atoms with Crippen molar-refractivity contribution in [1.29, 1.82) is 5.26 Å². The molecule has 0 amide bonds. The van der Waals surface area contributed by atoms with Gasteiger partial charge in [0.05, 0.1) is 11.1 Å². The summed E-state index contributed by atoms with van der Waals surface area (Å²) in [5, 5.41) is 12.8. The normalized spacial score (nSPS) is 12.5. The topological polar surface area (TPSA) is 67.2 Å². The zero-order valence-corrected chi connectivity index (χ0v) is 9.15. The first-order valence-electron chi connectivity index (χ1n) is 5.14. The predicted molar refractivity (Wildman–Crippen MR) is 62.1 cm³/mol. The van der Waals surface area contributed by atoms with Crippen molar-refractivity contribution < 1.29 is 9.47 Å². The van der Waals surface area contributed by atoms with E-state index in [2.05, 4.69) is 16.4 Å². The number of pyridine rings is 1. The Balaban J connectivity index is 2.29. The van der Waals surface area contributed by atoms with Crippen LogP contribution in [0.1, 0.15) is 5.56 Å². The molecular weight excluding hydrogens is 218 g/mol. The maximum atomic E-state index is 9.02. The number of ether oxygens (including phenoxy) is 2. The van der Waals surface area contributed by atoms with Gasteiger partial charge in [-0.3, -0.25) is 0 Å². The zero-order chi connectivity index (χ0) is 11.8. The van der Waals surface area contributed by atoms with Gasteiger partial charge in [-0.05, 0) is 12.1 Å². The van der Waals surface area contributed by atoms with Gasteiger partial charge in [-0.1, -0.05) is 0 Å². The summed E-state index contributed by atoms with van der Waals surface area (Å²) in [7, 11) is 1.74. The zero-order valence-electron chi connectivity index (χ0n) is 9.15. The van der Waals surface area contributed by atoms with Gasteiger partial charge in [0.1, 0.15) is 11.9 Å². The number of nitrogens with zero attached hydrogens (tertiary/aromatic N) is 2. The Hall–Kier alpha value is -2.48. The van der Waals surface area contributed by atoms with Crippen molar-refractivity contribution >= 4 is 16.7 Å². The van der Waals surface area contributed by atoms with Crippen LogP contribution in [-0.2, 0) is 0 Å². The largest absolute Gasteiger partial charge is 0.454 e. The molecule has 0 atom stereocenters. The fourth-order valence-electron chi connectivity index (χ4n) is 1.84. The number of anilines is 1. The lowest BCUT2D eigenvalue weighted by molar-refractivity contribution is 0.174. The highest BCUT2D eigenvalue weighted by Crippen LogP contribution is 2.36. The highest BCUT2D eigenvalue weighted by atomic mass is 16.7. The Kier molecular flexibility index (Phi) is 2.02. The highest BCUT2D eigenvalue weighted by molar-refractivity contribution is 5.86. The number of fused-ring (bicyclic) bond motifs is 2. The molecule has 84 valence electrons. The SMILES string of the molecule is CNc1nc2cc3c(cc2cc1C#N)OCO3. The average Bonchev–Trinajstić information content (AvgIpc) is 2.81. The van der Waals surface area contributed by atoms with E-state index in [4.69, 9.17) is 14.7 Å². The van der Waals surface area contributed by atoms with E-state index in [1.54, 1.807) is 13.1 Å². The standard InChI is InChI=1S/C12H9N3O2/c1-14-12-8(5-13)2-7-3-10-11(17-6-16-10)4-9(7)15-12/h2-4H,6H2,1H3,(H,14,15). The van der Waals surface area contributed by atoms with Crippen molar-refractivity contribution in [2.75, 3.05) is 19.2 Å². The third kappa shape index (κ3) is 1.42. The molecule has 1 aliphatic rings. The van der Waals surface area contributed by atoms with E-state index in [0.29, 0.717) is 22.9 Å². The van der Waals surface area contributed by atoms with Crippen LogP contribution >= 0.6 is 0 Å². The van der Waals surface area contributed by atoms with Crippen LogP contribution in [0, 0.1) is 11.3 Å². The van der Waals surface area contributed by atoms with Gasteiger partial charge in [0, 0.05) is 18.5 Å². The molecule has 2 heterocycles. The summed E-state index contributed by atoms with van der Waals surface area (Å²) < 4.78 is 10.6. The van der Waals surface area contributed by atoms with Gasteiger partial charge in [0.25, 0.3) is 0 Å². The number of hydrogen-bond acceptors (Lipinski definition) is 5. The van der Waals surface area contributed by atoms with Crippen molar-refractivity contribution in [3.8, 4) is 17.6 Å². The van der Waals surface area contributed by atoms with E-state index in [1.165, 1.54) is 0 Å². The summed E-state index contributed by atoms with van der Waals surface area (Å²) in [6.45, 7) is 0.232. The summed E-state index contributed by atoms with van der Waals surface area (Å²) in [6, 6.07) is 7.55. The summed E-state index contributed by atoms with van der Waals surface area (Å²) >= 11 is 0. The van der Waals surface area contributed by atoms with E-state index in [-0.39, 0.29) is 6.79 Å². The van der Waals surface area contributed by atoms with Crippen molar-refractivity contribution in [2.24, 2.45) is 0 Å². The first-order chi connectivity index (χ1) is 8.31. The van der Waals surface area contributed by atoms with Crippen LogP contribution in [0.2, 0.25) is 0 Å². The molecule has 3 rings (SSSR count). The second-order valence-corrected chi connectivity index (χ2v) is 3.64. The van der Waals surface area contributed by atoms with Gasteiger partial charge in [-0.15, -0.1) is 0 Å². The molecule has 0 saturated heterocycles. The van der Waals surface area contributed by atoms with Crippen molar-refractivity contribution in [1.82, 2.24) is 4.98 Å². The van der Waals surface area contributed by atoms with Crippen LogP contribution in [0.25, 0.3) is 10.9 Å². The molecule has 0 radical (unpaired) electrons. The third-order valence-corrected chi connectivity index (χ3v) is 2.67. The minimum absolute atomic E-state index is 0.232.